The van der Waals surface area contributed by atoms with Crippen molar-refractivity contribution in [2.75, 3.05) is 6.61 Å². The van der Waals surface area contributed by atoms with Gasteiger partial charge in [-0.2, -0.15) is 0 Å². The first-order valence-corrected chi connectivity index (χ1v) is 10.1. The monoisotopic (exact) mass is 403 g/mol. The molecule has 0 aliphatic heterocycles. The van der Waals surface area contributed by atoms with Gasteiger partial charge < -0.3 is 19.0 Å². The second-order valence-electron chi connectivity index (χ2n) is 7.30. The molecule has 4 aromatic rings. The molecule has 0 saturated heterocycles. The Hall–Kier alpha value is -3.54. The first-order valence-electron chi connectivity index (χ1n) is 10.1. The number of hydrogen-bond acceptors (Lipinski definition) is 4. The summed E-state index contributed by atoms with van der Waals surface area (Å²) in [6.45, 7) is 5.32. The molecular weight excluding hydrogens is 378 g/mol. The third-order valence-electron chi connectivity index (χ3n) is 4.95. The molecule has 0 bridgehead atoms. The molecule has 154 valence electrons. The van der Waals surface area contributed by atoms with Crippen molar-refractivity contribution in [2.24, 2.45) is 0 Å². The van der Waals surface area contributed by atoms with Crippen LogP contribution in [0, 0.1) is 6.92 Å². The topological polar surface area (TPSA) is 69.3 Å². The molecule has 0 fully saturated rings. The minimum Gasteiger partial charge on any atom is -0.494 e. The molecule has 0 aliphatic carbocycles. The third-order valence-corrected chi connectivity index (χ3v) is 4.95. The zero-order valence-electron chi connectivity index (χ0n) is 17.2. The van der Waals surface area contributed by atoms with E-state index in [4.69, 9.17) is 14.1 Å². The molecule has 0 radical (unpaired) electrons. The van der Waals surface area contributed by atoms with Crippen LogP contribution in [0.25, 0.3) is 11.0 Å². The number of hydrogen-bond donors (Lipinski definition) is 1. The first-order chi connectivity index (χ1) is 14.6. The van der Waals surface area contributed by atoms with Crippen LogP contribution in [0.3, 0.4) is 0 Å². The Labute approximate surface area is 175 Å². The Kier molecular flexibility index (Phi) is 5.84. The highest BCUT2D eigenvalue weighted by Crippen LogP contribution is 2.22. The van der Waals surface area contributed by atoms with Gasteiger partial charge in [-0.15, -0.1) is 0 Å². The van der Waals surface area contributed by atoms with Crippen LogP contribution in [0.2, 0.25) is 0 Å². The average molecular weight is 403 g/mol. The number of carbonyl (C=O) groups excluding carboxylic acids is 1. The van der Waals surface area contributed by atoms with Gasteiger partial charge in [0.2, 0.25) is 0 Å². The average Bonchev–Trinajstić information content (AvgIpc) is 3.40. The molecule has 0 aliphatic rings. The molecule has 1 N–H and O–H groups in total. The molecule has 0 spiro atoms. The zero-order chi connectivity index (χ0) is 20.9. The van der Waals surface area contributed by atoms with Crippen LogP contribution in [-0.4, -0.2) is 22.1 Å². The highest BCUT2D eigenvalue weighted by Gasteiger charge is 2.20. The van der Waals surface area contributed by atoms with E-state index in [1.165, 1.54) is 11.8 Å². The molecule has 2 heterocycles. The SMILES string of the molecule is Cc1cccc(OCCCn2c([C@H](C)NC(=O)c3ccco3)nc3ccccc32)c1. The van der Waals surface area contributed by atoms with E-state index in [2.05, 4.69) is 22.9 Å². The van der Waals surface area contributed by atoms with E-state index in [0.717, 1.165) is 35.6 Å². The number of rotatable bonds is 8. The predicted molar refractivity (Wildman–Crippen MR) is 116 cm³/mol. The maximum atomic E-state index is 12.4. The largest absolute Gasteiger partial charge is 0.494 e. The quantitative estimate of drug-likeness (QED) is 0.425. The minimum atomic E-state index is -0.271. The van der Waals surface area contributed by atoms with Crippen molar-refractivity contribution in [1.29, 1.82) is 0 Å². The van der Waals surface area contributed by atoms with Gasteiger partial charge in [0, 0.05) is 6.54 Å². The molecule has 1 amide bonds. The Balaban J connectivity index is 1.47. The van der Waals surface area contributed by atoms with E-state index in [1.54, 1.807) is 12.1 Å². The summed E-state index contributed by atoms with van der Waals surface area (Å²) in [5.41, 5.74) is 3.13. The molecule has 0 unspecified atom stereocenters. The Morgan fingerprint density at radius 1 is 1.17 bits per heavy atom. The van der Waals surface area contributed by atoms with Gasteiger partial charge in [0.1, 0.15) is 11.6 Å². The number of para-hydroxylation sites is 2. The van der Waals surface area contributed by atoms with Crippen LogP contribution in [0.15, 0.2) is 71.3 Å². The van der Waals surface area contributed by atoms with Crippen molar-refractivity contribution in [2.45, 2.75) is 32.9 Å². The van der Waals surface area contributed by atoms with E-state index in [9.17, 15) is 4.79 Å². The number of benzene rings is 2. The highest BCUT2D eigenvalue weighted by atomic mass is 16.5. The minimum absolute atomic E-state index is 0.256. The maximum Gasteiger partial charge on any atom is 0.287 e. The van der Waals surface area contributed by atoms with Gasteiger partial charge in [0.05, 0.1) is 29.9 Å². The van der Waals surface area contributed by atoms with Crippen LogP contribution in [-0.2, 0) is 6.54 Å². The Morgan fingerprint density at radius 3 is 2.83 bits per heavy atom. The molecule has 30 heavy (non-hydrogen) atoms. The zero-order valence-corrected chi connectivity index (χ0v) is 17.2. The third kappa shape index (κ3) is 4.38. The predicted octanol–water partition coefficient (Wildman–Crippen LogP) is 4.90. The maximum absolute atomic E-state index is 12.4. The van der Waals surface area contributed by atoms with Crippen molar-refractivity contribution in [3.8, 4) is 5.75 Å². The normalized spacial score (nSPS) is 12.1. The fourth-order valence-corrected chi connectivity index (χ4v) is 3.52. The molecule has 4 rings (SSSR count). The van der Waals surface area contributed by atoms with E-state index < -0.39 is 0 Å². The first kappa shape index (κ1) is 19.8. The lowest BCUT2D eigenvalue weighted by Crippen LogP contribution is -2.28. The number of fused-ring (bicyclic) bond motifs is 1. The van der Waals surface area contributed by atoms with Crippen LogP contribution < -0.4 is 10.1 Å². The van der Waals surface area contributed by atoms with Gasteiger partial charge in [-0.3, -0.25) is 4.79 Å². The number of aromatic nitrogens is 2. The summed E-state index contributed by atoms with van der Waals surface area (Å²) in [6, 6.07) is 19.1. The van der Waals surface area contributed by atoms with Crippen LogP contribution in [0.4, 0.5) is 0 Å². The van der Waals surface area contributed by atoms with Crippen LogP contribution >= 0.6 is 0 Å². The van der Waals surface area contributed by atoms with E-state index in [0.29, 0.717) is 6.61 Å². The van der Waals surface area contributed by atoms with Crippen molar-refractivity contribution in [1.82, 2.24) is 14.9 Å². The molecular formula is C24H25N3O3. The number of nitrogens with zero attached hydrogens (tertiary/aromatic N) is 2. The lowest BCUT2D eigenvalue weighted by atomic mass is 10.2. The van der Waals surface area contributed by atoms with Crippen molar-refractivity contribution >= 4 is 16.9 Å². The molecule has 6 nitrogen and oxygen atoms in total. The van der Waals surface area contributed by atoms with Gasteiger partial charge in [-0.05, 0) is 62.2 Å². The fraction of sp³-hybridized carbons (Fsp3) is 0.250. The summed E-state index contributed by atoms with van der Waals surface area (Å²) in [5, 5.41) is 2.98. The van der Waals surface area contributed by atoms with Gasteiger partial charge in [0.15, 0.2) is 5.76 Å². The molecule has 1 atom stereocenters. The van der Waals surface area contributed by atoms with Crippen LogP contribution in [0.1, 0.15) is 41.3 Å². The van der Waals surface area contributed by atoms with E-state index in [-0.39, 0.29) is 17.7 Å². The summed E-state index contributed by atoms with van der Waals surface area (Å²) >= 11 is 0. The number of carbonyl (C=O) groups is 1. The number of nitrogens with one attached hydrogen (secondary N) is 1. The Bertz CT molecular complexity index is 1130. The Morgan fingerprint density at radius 2 is 2.03 bits per heavy atom. The smallest absolute Gasteiger partial charge is 0.287 e. The lowest BCUT2D eigenvalue weighted by molar-refractivity contribution is 0.0909. The van der Waals surface area contributed by atoms with Crippen LogP contribution in [0.5, 0.6) is 5.75 Å². The summed E-state index contributed by atoms with van der Waals surface area (Å²) < 4.78 is 13.2. The van der Waals surface area contributed by atoms with Gasteiger partial charge in [-0.1, -0.05) is 24.3 Å². The molecule has 6 heteroatoms. The second-order valence-corrected chi connectivity index (χ2v) is 7.30. The fourth-order valence-electron chi connectivity index (χ4n) is 3.52. The van der Waals surface area contributed by atoms with Gasteiger partial charge in [0.25, 0.3) is 5.91 Å². The van der Waals surface area contributed by atoms with Gasteiger partial charge >= 0.3 is 0 Å². The number of ether oxygens (including phenoxy) is 1. The van der Waals surface area contributed by atoms with Crippen molar-refractivity contribution < 1.29 is 13.9 Å². The van der Waals surface area contributed by atoms with Crippen molar-refractivity contribution in [3.63, 3.8) is 0 Å². The summed E-state index contributed by atoms with van der Waals surface area (Å²) in [6.07, 6.45) is 2.31. The molecule has 2 aromatic carbocycles. The summed E-state index contributed by atoms with van der Waals surface area (Å²) in [5.74, 6) is 1.72. The summed E-state index contributed by atoms with van der Waals surface area (Å²) in [7, 11) is 0. The van der Waals surface area contributed by atoms with E-state index in [1.807, 2.05) is 49.4 Å². The number of aryl methyl sites for hydroxylation is 2. The number of furan rings is 1. The lowest BCUT2D eigenvalue weighted by Gasteiger charge is -2.16. The summed E-state index contributed by atoms with van der Waals surface area (Å²) in [4.78, 5) is 17.2. The number of imidazole rings is 1. The van der Waals surface area contributed by atoms with Crippen molar-refractivity contribution in [3.05, 3.63) is 84.1 Å². The molecule has 0 saturated carbocycles. The van der Waals surface area contributed by atoms with E-state index >= 15 is 0 Å². The highest BCUT2D eigenvalue weighted by molar-refractivity contribution is 5.91. The number of amides is 1. The molecule has 2 aromatic heterocycles. The second kappa shape index (κ2) is 8.86. The standard InChI is InChI=1S/C24H25N3O3/c1-17-8-5-9-19(16-17)29-15-7-13-27-21-11-4-3-10-20(21)26-23(27)18(2)25-24(28)22-12-6-14-30-22/h3-6,8-12,14,16,18H,7,13,15H2,1-2H3,(H,25,28)/t18-/m0/s1. The van der Waals surface area contributed by atoms with Gasteiger partial charge in [-0.25, -0.2) is 4.98 Å².